The van der Waals surface area contributed by atoms with Gasteiger partial charge in [0.2, 0.25) is 0 Å². The van der Waals surface area contributed by atoms with Crippen LogP contribution in [-0.2, 0) is 6.42 Å². The Labute approximate surface area is 97.4 Å². The van der Waals surface area contributed by atoms with E-state index >= 15 is 0 Å². The van der Waals surface area contributed by atoms with Gasteiger partial charge in [-0.05, 0) is 44.0 Å². The maximum absolute atomic E-state index is 9.62. The summed E-state index contributed by atoms with van der Waals surface area (Å²) in [5.74, 6) is 0.913. The average molecular weight is 223 g/mol. The molecule has 0 bridgehead atoms. The first-order valence-electron chi connectivity index (χ1n) is 5.59. The van der Waals surface area contributed by atoms with Gasteiger partial charge in [0.15, 0.2) is 0 Å². The van der Waals surface area contributed by atoms with Crippen molar-refractivity contribution in [3.8, 4) is 5.75 Å². The van der Waals surface area contributed by atoms with E-state index in [0.29, 0.717) is 6.54 Å². The van der Waals surface area contributed by atoms with Crippen molar-refractivity contribution >= 4 is 5.69 Å². The summed E-state index contributed by atoms with van der Waals surface area (Å²) in [6, 6.07) is 5.97. The molecule has 1 rings (SSSR count). The zero-order valence-electron chi connectivity index (χ0n) is 10.5. The third-order valence-electron chi connectivity index (χ3n) is 2.39. The minimum absolute atomic E-state index is 0.530. The molecule has 16 heavy (non-hydrogen) atoms. The lowest BCUT2D eigenvalue weighted by atomic mass is 10.1. The molecule has 0 aliphatic rings. The van der Waals surface area contributed by atoms with Crippen LogP contribution in [0.4, 0.5) is 5.69 Å². The third-order valence-corrected chi connectivity index (χ3v) is 2.39. The molecule has 90 valence electrons. The minimum atomic E-state index is -0.702. The number of benzene rings is 1. The zero-order valence-corrected chi connectivity index (χ0v) is 10.5. The second kappa shape index (κ2) is 5.21. The molecule has 0 saturated carbocycles. The number of hydrogen-bond donors (Lipinski definition) is 2. The molecular formula is C13H21NO2. The van der Waals surface area contributed by atoms with Crippen LogP contribution in [-0.4, -0.2) is 24.4 Å². The quantitative estimate of drug-likeness (QED) is 0.805. The molecule has 1 aromatic rings. The van der Waals surface area contributed by atoms with Crippen molar-refractivity contribution in [2.75, 3.05) is 19.0 Å². The minimum Gasteiger partial charge on any atom is -0.496 e. The van der Waals surface area contributed by atoms with E-state index in [2.05, 4.69) is 18.3 Å². The molecule has 0 spiro atoms. The fourth-order valence-corrected chi connectivity index (χ4v) is 1.48. The van der Waals surface area contributed by atoms with Crippen molar-refractivity contribution in [3.05, 3.63) is 23.8 Å². The van der Waals surface area contributed by atoms with Crippen molar-refractivity contribution in [2.24, 2.45) is 0 Å². The van der Waals surface area contributed by atoms with Gasteiger partial charge in [-0.15, -0.1) is 0 Å². The zero-order chi connectivity index (χ0) is 12.2. The number of rotatable bonds is 5. The molecule has 0 heterocycles. The van der Waals surface area contributed by atoms with Gasteiger partial charge in [-0.2, -0.15) is 0 Å². The molecule has 0 fully saturated rings. The lowest BCUT2D eigenvalue weighted by Gasteiger charge is -2.19. The summed E-state index contributed by atoms with van der Waals surface area (Å²) in [5.41, 5.74) is 1.48. The van der Waals surface area contributed by atoms with Crippen LogP contribution in [0.5, 0.6) is 5.75 Å². The van der Waals surface area contributed by atoms with Crippen LogP contribution in [0, 0.1) is 0 Å². The smallest absolute Gasteiger partial charge is 0.122 e. The van der Waals surface area contributed by atoms with Gasteiger partial charge < -0.3 is 15.2 Å². The Kier molecular flexibility index (Phi) is 4.19. The van der Waals surface area contributed by atoms with Gasteiger partial charge in [0.25, 0.3) is 0 Å². The molecule has 0 aromatic heterocycles. The molecule has 2 N–H and O–H groups in total. The Morgan fingerprint density at radius 3 is 2.56 bits per heavy atom. The SMILES string of the molecule is CCc1cc(NCC(C)(C)O)ccc1OC. The van der Waals surface area contributed by atoms with Crippen molar-refractivity contribution in [1.29, 1.82) is 0 Å². The summed E-state index contributed by atoms with van der Waals surface area (Å²) in [4.78, 5) is 0. The van der Waals surface area contributed by atoms with Crippen LogP contribution in [0.2, 0.25) is 0 Å². The second-order valence-corrected chi connectivity index (χ2v) is 4.55. The van der Waals surface area contributed by atoms with E-state index in [4.69, 9.17) is 4.74 Å². The number of nitrogens with one attached hydrogen (secondary N) is 1. The van der Waals surface area contributed by atoms with Crippen molar-refractivity contribution in [2.45, 2.75) is 32.8 Å². The molecule has 3 nitrogen and oxygen atoms in total. The molecular weight excluding hydrogens is 202 g/mol. The second-order valence-electron chi connectivity index (χ2n) is 4.55. The summed E-state index contributed by atoms with van der Waals surface area (Å²) in [5, 5.41) is 12.8. The molecule has 0 atom stereocenters. The Hall–Kier alpha value is -1.22. The highest BCUT2D eigenvalue weighted by atomic mass is 16.5. The standard InChI is InChI=1S/C13H21NO2/c1-5-10-8-11(6-7-12(10)16-4)14-9-13(2,3)15/h6-8,14-15H,5,9H2,1-4H3. The Morgan fingerprint density at radius 2 is 2.06 bits per heavy atom. The fourth-order valence-electron chi connectivity index (χ4n) is 1.48. The number of ether oxygens (including phenoxy) is 1. The van der Waals surface area contributed by atoms with E-state index in [1.165, 1.54) is 5.56 Å². The summed E-state index contributed by atoms with van der Waals surface area (Å²) < 4.78 is 5.26. The van der Waals surface area contributed by atoms with Gasteiger partial charge in [-0.3, -0.25) is 0 Å². The van der Waals surface area contributed by atoms with Gasteiger partial charge in [-0.1, -0.05) is 6.92 Å². The Morgan fingerprint density at radius 1 is 1.38 bits per heavy atom. The van der Waals surface area contributed by atoms with E-state index in [9.17, 15) is 5.11 Å². The number of methoxy groups -OCH3 is 1. The molecule has 0 saturated heterocycles. The summed E-state index contributed by atoms with van der Waals surface area (Å²) >= 11 is 0. The highest BCUT2D eigenvalue weighted by molar-refractivity contribution is 5.51. The van der Waals surface area contributed by atoms with Crippen molar-refractivity contribution in [3.63, 3.8) is 0 Å². The van der Waals surface area contributed by atoms with E-state index in [0.717, 1.165) is 17.9 Å². The van der Waals surface area contributed by atoms with E-state index in [-0.39, 0.29) is 0 Å². The lowest BCUT2D eigenvalue weighted by molar-refractivity contribution is 0.0945. The number of hydrogen-bond acceptors (Lipinski definition) is 3. The number of aliphatic hydroxyl groups is 1. The van der Waals surface area contributed by atoms with E-state index in [1.54, 1.807) is 21.0 Å². The van der Waals surface area contributed by atoms with Crippen molar-refractivity contribution < 1.29 is 9.84 Å². The monoisotopic (exact) mass is 223 g/mol. The van der Waals surface area contributed by atoms with Crippen LogP contribution < -0.4 is 10.1 Å². The molecule has 0 radical (unpaired) electrons. The summed E-state index contributed by atoms with van der Waals surface area (Å²) in [6.45, 7) is 6.19. The first-order valence-corrected chi connectivity index (χ1v) is 5.59. The average Bonchev–Trinajstić information content (AvgIpc) is 2.25. The van der Waals surface area contributed by atoms with E-state index < -0.39 is 5.60 Å². The maximum atomic E-state index is 9.62. The largest absolute Gasteiger partial charge is 0.496 e. The highest BCUT2D eigenvalue weighted by Crippen LogP contribution is 2.23. The normalized spacial score (nSPS) is 11.3. The Balaban J connectivity index is 2.75. The molecule has 0 amide bonds. The van der Waals surface area contributed by atoms with Crippen LogP contribution in [0.25, 0.3) is 0 Å². The third kappa shape index (κ3) is 3.74. The topological polar surface area (TPSA) is 41.5 Å². The fraction of sp³-hybridized carbons (Fsp3) is 0.538. The van der Waals surface area contributed by atoms with Crippen LogP contribution in [0.1, 0.15) is 26.3 Å². The first kappa shape index (κ1) is 12.8. The van der Waals surface area contributed by atoms with Gasteiger partial charge in [0, 0.05) is 12.2 Å². The van der Waals surface area contributed by atoms with Gasteiger partial charge in [0.1, 0.15) is 5.75 Å². The first-order chi connectivity index (χ1) is 7.46. The van der Waals surface area contributed by atoms with E-state index in [1.807, 2.05) is 12.1 Å². The maximum Gasteiger partial charge on any atom is 0.122 e. The molecule has 0 unspecified atom stereocenters. The summed E-state index contributed by atoms with van der Waals surface area (Å²) in [7, 11) is 1.68. The molecule has 0 aliphatic heterocycles. The van der Waals surface area contributed by atoms with Crippen LogP contribution >= 0.6 is 0 Å². The Bertz CT molecular complexity index is 342. The van der Waals surface area contributed by atoms with Gasteiger partial charge in [0.05, 0.1) is 12.7 Å². The summed E-state index contributed by atoms with van der Waals surface area (Å²) in [6.07, 6.45) is 0.932. The predicted octanol–water partition coefficient (Wildman–Crippen LogP) is 2.44. The lowest BCUT2D eigenvalue weighted by Crippen LogP contribution is -2.29. The van der Waals surface area contributed by atoms with Crippen LogP contribution in [0.15, 0.2) is 18.2 Å². The molecule has 3 heteroatoms. The highest BCUT2D eigenvalue weighted by Gasteiger charge is 2.12. The van der Waals surface area contributed by atoms with Crippen LogP contribution in [0.3, 0.4) is 0 Å². The van der Waals surface area contributed by atoms with Crippen molar-refractivity contribution in [1.82, 2.24) is 0 Å². The van der Waals surface area contributed by atoms with Gasteiger partial charge in [-0.25, -0.2) is 0 Å². The molecule has 0 aliphatic carbocycles. The van der Waals surface area contributed by atoms with Gasteiger partial charge >= 0.3 is 0 Å². The predicted molar refractivity (Wildman–Crippen MR) is 67.2 cm³/mol. The number of anilines is 1. The molecule has 1 aromatic carbocycles. The number of aryl methyl sites for hydroxylation is 1.